The van der Waals surface area contributed by atoms with Gasteiger partial charge in [-0.25, -0.2) is 4.68 Å². The van der Waals surface area contributed by atoms with Crippen LogP contribution in [0, 0.1) is 0 Å². The van der Waals surface area contributed by atoms with Gasteiger partial charge in [0, 0.05) is 12.5 Å². The SMILES string of the molecule is O=C(Cn1cnnn1)NC[C@H]1CCCc2ccccc21. The van der Waals surface area contributed by atoms with Crippen LogP contribution in [0.25, 0.3) is 0 Å². The Labute approximate surface area is 117 Å². The Bertz CT molecular complexity index is 581. The molecule has 20 heavy (non-hydrogen) atoms. The molecular formula is C14H17N5O. The summed E-state index contributed by atoms with van der Waals surface area (Å²) in [7, 11) is 0. The Morgan fingerprint density at radius 3 is 3.15 bits per heavy atom. The number of aromatic nitrogens is 4. The normalized spacial score (nSPS) is 17.5. The molecule has 1 heterocycles. The fourth-order valence-corrected chi connectivity index (χ4v) is 2.76. The summed E-state index contributed by atoms with van der Waals surface area (Å²) in [6, 6.07) is 8.51. The van der Waals surface area contributed by atoms with Gasteiger partial charge in [0.1, 0.15) is 12.9 Å². The lowest BCUT2D eigenvalue weighted by molar-refractivity contribution is -0.121. The molecule has 1 atom stereocenters. The van der Waals surface area contributed by atoms with Crippen molar-refractivity contribution in [2.45, 2.75) is 31.7 Å². The fraction of sp³-hybridized carbons (Fsp3) is 0.429. The van der Waals surface area contributed by atoms with Crippen molar-refractivity contribution in [1.82, 2.24) is 25.5 Å². The maximum absolute atomic E-state index is 11.8. The predicted octanol–water partition coefficient (Wildman–Crippen LogP) is 0.909. The molecule has 0 unspecified atom stereocenters. The zero-order valence-electron chi connectivity index (χ0n) is 11.2. The van der Waals surface area contributed by atoms with Gasteiger partial charge in [0.15, 0.2) is 0 Å². The van der Waals surface area contributed by atoms with E-state index in [1.165, 1.54) is 28.6 Å². The Kier molecular flexibility index (Phi) is 3.71. The minimum Gasteiger partial charge on any atom is -0.354 e. The number of fused-ring (bicyclic) bond motifs is 1. The lowest BCUT2D eigenvalue weighted by atomic mass is 9.83. The summed E-state index contributed by atoms with van der Waals surface area (Å²) in [4.78, 5) is 11.8. The molecule has 6 nitrogen and oxygen atoms in total. The first kappa shape index (κ1) is 12.8. The fourth-order valence-electron chi connectivity index (χ4n) is 2.76. The molecule has 1 N–H and O–H groups in total. The van der Waals surface area contributed by atoms with Crippen LogP contribution in [0.15, 0.2) is 30.6 Å². The molecular weight excluding hydrogens is 254 g/mol. The highest BCUT2D eigenvalue weighted by Gasteiger charge is 2.20. The van der Waals surface area contributed by atoms with Gasteiger partial charge in [-0.05, 0) is 40.8 Å². The molecule has 2 aromatic rings. The topological polar surface area (TPSA) is 72.7 Å². The van der Waals surface area contributed by atoms with Gasteiger partial charge in [-0.3, -0.25) is 4.79 Å². The van der Waals surface area contributed by atoms with E-state index in [1.54, 1.807) is 0 Å². The highest BCUT2D eigenvalue weighted by atomic mass is 16.2. The van der Waals surface area contributed by atoms with Gasteiger partial charge >= 0.3 is 0 Å². The highest BCUT2D eigenvalue weighted by molar-refractivity contribution is 5.75. The summed E-state index contributed by atoms with van der Waals surface area (Å²) in [6.45, 7) is 0.847. The third-order valence-electron chi connectivity index (χ3n) is 3.74. The quantitative estimate of drug-likeness (QED) is 0.897. The average molecular weight is 271 g/mol. The van der Waals surface area contributed by atoms with Crippen molar-refractivity contribution in [2.75, 3.05) is 6.54 Å². The molecule has 6 heteroatoms. The molecule has 1 aliphatic carbocycles. The van der Waals surface area contributed by atoms with Crippen molar-refractivity contribution in [1.29, 1.82) is 0 Å². The average Bonchev–Trinajstić information content (AvgIpc) is 2.98. The van der Waals surface area contributed by atoms with Crippen molar-refractivity contribution >= 4 is 5.91 Å². The number of hydrogen-bond acceptors (Lipinski definition) is 4. The van der Waals surface area contributed by atoms with Crippen LogP contribution in [-0.2, 0) is 17.8 Å². The minimum atomic E-state index is -0.0552. The maximum Gasteiger partial charge on any atom is 0.241 e. The Hall–Kier alpha value is -2.24. The van der Waals surface area contributed by atoms with Crippen molar-refractivity contribution < 1.29 is 4.79 Å². The van der Waals surface area contributed by atoms with Gasteiger partial charge in [0.2, 0.25) is 5.91 Å². The van der Waals surface area contributed by atoms with Gasteiger partial charge in [-0.1, -0.05) is 24.3 Å². The molecule has 1 aromatic heterocycles. The second-order valence-corrected chi connectivity index (χ2v) is 5.10. The summed E-state index contributed by atoms with van der Waals surface area (Å²) < 4.78 is 1.42. The number of rotatable bonds is 4. The number of carbonyl (C=O) groups is 1. The van der Waals surface area contributed by atoms with E-state index in [4.69, 9.17) is 0 Å². The molecule has 1 amide bonds. The lowest BCUT2D eigenvalue weighted by Gasteiger charge is -2.25. The second kappa shape index (κ2) is 5.81. The number of nitrogens with zero attached hydrogens (tertiary/aromatic N) is 4. The van der Waals surface area contributed by atoms with E-state index in [0.717, 1.165) is 12.8 Å². The van der Waals surface area contributed by atoms with Gasteiger partial charge in [-0.15, -0.1) is 5.10 Å². The molecule has 0 saturated heterocycles. The first-order chi connectivity index (χ1) is 9.83. The van der Waals surface area contributed by atoms with Gasteiger partial charge in [0.25, 0.3) is 0 Å². The number of nitrogens with one attached hydrogen (secondary N) is 1. The smallest absolute Gasteiger partial charge is 0.241 e. The Morgan fingerprint density at radius 1 is 1.40 bits per heavy atom. The molecule has 0 radical (unpaired) electrons. The third kappa shape index (κ3) is 2.84. The molecule has 1 aromatic carbocycles. The molecule has 0 saturated carbocycles. The maximum atomic E-state index is 11.8. The lowest BCUT2D eigenvalue weighted by Crippen LogP contribution is -2.32. The molecule has 0 spiro atoms. The Morgan fingerprint density at radius 2 is 2.30 bits per heavy atom. The highest BCUT2D eigenvalue weighted by Crippen LogP contribution is 2.30. The van der Waals surface area contributed by atoms with Crippen LogP contribution in [0.1, 0.15) is 29.9 Å². The van der Waals surface area contributed by atoms with Gasteiger partial charge in [0.05, 0.1) is 0 Å². The van der Waals surface area contributed by atoms with E-state index in [2.05, 4.69) is 45.1 Å². The largest absolute Gasteiger partial charge is 0.354 e. The number of amides is 1. The molecule has 0 aliphatic heterocycles. The standard InChI is InChI=1S/C14H17N5O/c20-14(9-19-10-16-17-18-19)15-8-12-6-3-5-11-4-1-2-7-13(11)12/h1-2,4,7,10,12H,3,5-6,8-9H2,(H,15,20)/t12-/m1/s1. The first-order valence-electron chi connectivity index (χ1n) is 6.88. The van der Waals surface area contributed by atoms with Crippen LogP contribution in [-0.4, -0.2) is 32.7 Å². The van der Waals surface area contributed by atoms with Crippen molar-refractivity contribution in [3.05, 3.63) is 41.7 Å². The summed E-state index contributed by atoms with van der Waals surface area (Å²) in [5, 5.41) is 13.7. The summed E-state index contributed by atoms with van der Waals surface area (Å²) in [5.41, 5.74) is 2.79. The second-order valence-electron chi connectivity index (χ2n) is 5.10. The number of hydrogen-bond donors (Lipinski definition) is 1. The number of tetrazole rings is 1. The van der Waals surface area contributed by atoms with Crippen LogP contribution >= 0.6 is 0 Å². The monoisotopic (exact) mass is 271 g/mol. The van der Waals surface area contributed by atoms with E-state index in [9.17, 15) is 4.79 Å². The molecule has 0 bridgehead atoms. The number of benzene rings is 1. The van der Waals surface area contributed by atoms with Crippen molar-refractivity contribution in [2.24, 2.45) is 0 Å². The van der Waals surface area contributed by atoms with E-state index in [-0.39, 0.29) is 12.5 Å². The molecule has 0 fully saturated rings. The van der Waals surface area contributed by atoms with E-state index in [1.807, 2.05) is 0 Å². The van der Waals surface area contributed by atoms with Crippen LogP contribution in [0.2, 0.25) is 0 Å². The Balaban J connectivity index is 1.58. The zero-order chi connectivity index (χ0) is 13.8. The third-order valence-corrected chi connectivity index (χ3v) is 3.74. The van der Waals surface area contributed by atoms with E-state index >= 15 is 0 Å². The van der Waals surface area contributed by atoms with Crippen LogP contribution in [0.3, 0.4) is 0 Å². The van der Waals surface area contributed by atoms with Crippen molar-refractivity contribution in [3.63, 3.8) is 0 Å². The van der Waals surface area contributed by atoms with Crippen LogP contribution in [0.5, 0.6) is 0 Å². The minimum absolute atomic E-state index is 0.0552. The number of aryl methyl sites for hydroxylation is 1. The van der Waals surface area contributed by atoms with Crippen molar-refractivity contribution in [3.8, 4) is 0 Å². The van der Waals surface area contributed by atoms with Gasteiger partial charge < -0.3 is 5.32 Å². The molecule has 3 rings (SSSR count). The predicted molar refractivity (Wildman–Crippen MR) is 72.9 cm³/mol. The summed E-state index contributed by atoms with van der Waals surface area (Å²) in [6.07, 6.45) is 4.90. The van der Waals surface area contributed by atoms with E-state index < -0.39 is 0 Å². The zero-order valence-corrected chi connectivity index (χ0v) is 11.2. The van der Waals surface area contributed by atoms with Crippen LogP contribution < -0.4 is 5.32 Å². The number of carbonyl (C=O) groups excluding carboxylic acids is 1. The first-order valence-corrected chi connectivity index (χ1v) is 6.88. The summed E-state index contributed by atoms with van der Waals surface area (Å²) in [5.74, 6) is 0.359. The van der Waals surface area contributed by atoms with E-state index in [0.29, 0.717) is 12.5 Å². The van der Waals surface area contributed by atoms with Crippen LogP contribution in [0.4, 0.5) is 0 Å². The van der Waals surface area contributed by atoms with Gasteiger partial charge in [-0.2, -0.15) is 0 Å². The molecule has 104 valence electrons. The molecule has 1 aliphatic rings. The summed E-state index contributed by atoms with van der Waals surface area (Å²) >= 11 is 0.